The Labute approximate surface area is 135 Å². The lowest BCUT2D eigenvalue weighted by atomic mass is 9.90. The molecule has 1 aromatic heterocycles. The summed E-state index contributed by atoms with van der Waals surface area (Å²) >= 11 is 12.2. The molecule has 3 rings (SSSR count). The molecule has 0 saturated carbocycles. The molecule has 0 bridgehead atoms. The van der Waals surface area contributed by atoms with E-state index in [4.69, 9.17) is 23.2 Å². The van der Waals surface area contributed by atoms with Crippen LogP contribution in [-0.4, -0.2) is 11.5 Å². The van der Waals surface area contributed by atoms with Crippen molar-refractivity contribution in [2.45, 2.75) is 31.7 Å². The number of halogens is 2. The topological polar surface area (TPSA) is 24.9 Å². The number of fused-ring (bicyclic) bond motifs is 1. The molecule has 2 unspecified atom stereocenters. The second kappa shape index (κ2) is 6.35. The van der Waals surface area contributed by atoms with Gasteiger partial charge in [-0.3, -0.25) is 4.98 Å². The normalized spacial score (nSPS) is 18.5. The second-order valence-electron chi connectivity index (χ2n) is 5.40. The van der Waals surface area contributed by atoms with Gasteiger partial charge in [0.25, 0.3) is 0 Å². The number of hydrogen-bond donors (Lipinski definition) is 1. The first kappa shape index (κ1) is 14.8. The molecule has 0 amide bonds. The Bertz CT molecular complexity index is 642. The average molecular weight is 321 g/mol. The lowest BCUT2D eigenvalue weighted by Gasteiger charge is -2.25. The summed E-state index contributed by atoms with van der Waals surface area (Å²) in [5.41, 5.74) is 3.76. The van der Waals surface area contributed by atoms with Crippen LogP contribution in [0.15, 0.2) is 36.5 Å². The summed E-state index contributed by atoms with van der Waals surface area (Å²) in [7, 11) is 0. The smallest absolute Gasteiger partial charge is 0.0595 e. The molecule has 0 radical (unpaired) electrons. The molecule has 1 heterocycles. The fourth-order valence-electron chi connectivity index (χ4n) is 3.19. The van der Waals surface area contributed by atoms with Gasteiger partial charge in [0.15, 0.2) is 0 Å². The highest BCUT2D eigenvalue weighted by molar-refractivity contribution is 6.42. The van der Waals surface area contributed by atoms with E-state index in [1.807, 2.05) is 24.4 Å². The molecule has 0 fully saturated rings. The van der Waals surface area contributed by atoms with E-state index in [1.165, 1.54) is 16.8 Å². The Morgan fingerprint density at radius 2 is 2.14 bits per heavy atom. The number of aromatic nitrogens is 1. The predicted octanol–water partition coefficient (Wildman–Crippen LogP) is 4.77. The number of benzene rings is 1. The Balaban J connectivity index is 1.97. The van der Waals surface area contributed by atoms with E-state index < -0.39 is 0 Å². The van der Waals surface area contributed by atoms with Crippen LogP contribution < -0.4 is 5.32 Å². The maximum Gasteiger partial charge on any atom is 0.0595 e. The first-order valence-electron chi connectivity index (χ1n) is 7.32. The van der Waals surface area contributed by atoms with Crippen molar-refractivity contribution < 1.29 is 0 Å². The van der Waals surface area contributed by atoms with Crippen molar-refractivity contribution in [3.8, 4) is 0 Å². The SMILES string of the molecule is CCNC(c1ccc(Cl)c(Cl)c1)C1CCc2cccnc21. The average Bonchev–Trinajstić information content (AvgIpc) is 2.92. The van der Waals surface area contributed by atoms with Crippen molar-refractivity contribution in [2.24, 2.45) is 0 Å². The summed E-state index contributed by atoms with van der Waals surface area (Å²) in [6.45, 7) is 3.03. The van der Waals surface area contributed by atoms with Crippen LogP contribution in [0.5, 0.6) is 0 Å². The van der Waals surface area contributed by atoms with Crippen LogP contribution >= 0.6 is 23.2 Å². The Morgan fingerprint density at radius 1 is 1.29 bits per heavy atom. The van der Waals surface area contributed by atoms with Gasteiger partial charge in [-0.2, -0.15) is 0 Å². The second-order valence-corrected chi connectivity index (χ2v) is 6.22. The summed E-state index contributed by atoms with van der Waals surface area (Å²) in [5.74, 6) is 0.387. The summed E-state index contributed by atoms with van der Waals surface area (Å²) in [6.07, 6.45) is 4.09. The van der Waals surface area contributed by atoms with E-state index in [1.54, 1.807) is 0 Å². The quantitative estimate of drug-likeness (QED) is 0.877. The molecule has 1 aliphatic carbocycles. The van der Waals surface area contributed by atoms with Crippen LogP contribution in [0.1, 0.15) is 42.1 Å². The molecule has 21 heavy (non-hydrogen) atoms. The molecule has 4 heteroatoms. The fourth-order valence-corrected chi connectivity index (χ4v) is 3.49. The molecule has 0 spiro atoms. The summed E-state index contributed by atoms with van der Waals surface area (Å²) in [4.78, 5) is 4.61. The van der Waals surface area contributed by atoms with E-state index in [-0.39, 0.29) is 6.04 Å². The van der Waals surface area contributed by atoms with Crippen LogP contribution in [0.2, 0.25) is 10.0 Å². The van der Waals surface area contributed by atoms with Crippen molar-refractivity contribution in [2.75, 3.05) is 6.54 Å². The number of pyridine rings is 1. The van der Waals surface area contributed by atoms with Gasteiger partial charge >= 0.3 is 0 Å². The van der Waals surface area contributed by atoms with Gasteiger partial charge in [0, 0.05) is 23.9 Å². The van der Waals surface area contributed by atoms with Crippen molar-refractivity contribution in [3.63, 3.8) is 0 Å². The number of nitrogens with one attached hydrogen (secondary N) is 1. The minimum Gasteiger partial charge on any atom is -0.310 e. The first-order valence-corrected chi connectivity index (χ1v) is 8.08. The lowest BCUT2D eigenvalue weighted by molar-refractivity contribution is 0.447. The zero-order valence-electron chi connectivity index (χ0n) is 11.9. The van der Waals surface area contributed by atoms with Gasteiger partial charge in [0.1, 0.15) is 0 Å². The molecule has 2 atom stereocenters. The Morgan fingerprint density at radius 3 is 2.90 bits per heavy atom. The van der Waals surface area contributed by atoms with Crippen LogP contribution in [0.3, 0.4) is 0 Å². The van der Waals surface area contributed by atoms with Gasteiger partial charge in [-0.25, -0.2) is 0 Å². The maximum atomic E-state index is 6.19. The van der Waals surface area contributed by atoms with Gasteiger partial charge in [-0.1, -0.05) is 42.3 Å². The maximum absolute atomic E-state index is 6.19. The fraction of sp³-hybridized carbons (Fsp3) is 0.353. The van der Waals surface area contributed by atoms with E-state index in [0.29, 0.717) is 16.0 Å². The number of nitrogens with zero attached hydrogens (tertiary/aromatic N) is 1. The molecular weight excluding hydrogens is 303 g/mol. The van der Waals surface area contributed by atoms with Crippen LogP contribution in [-0.2, 0) is 6.42 Å². The molecular formula is C17H18Cl2N2. The highest BCUT2D eigenvalue weighted by atomic mass is 35.5. The number of aryl methyl sites for hydroxylation is 1. The number of likely N-dealkylation sites (N-methyl/N-ethyl adjacent to an activating group) is 1. The van der Waals surface area contributed by atoms with Crippen LogP contribution in [0, 0.1) is 0 Å². The molecule has 1 aliphatic rings. The summed E-state index contributed by atoms with van der Waals surface area (Å²) < 4.78 is 0. The van der Waals surface area contributed by atoms with Crippen molar-refractivity contribution in [1.29, 1.82) is 0 Å². The van der Waals surface area contributed by atoms with E-state index in [9.17, 15) is 0 Å². The molecule has 1 aromatic carbocycles. The van der Waals surface area contributed by atoms with Crippen LogP contribution in [0.4, 0.5) is 0 Å². The summed E-state index contributed by atoms with van der Waals surface area (Å²) in [6, 6.07) is 10.3. The van der Waals surface area contributed by atoms with E-state index in [0.717, 1.165) is 19.4 Å². The van der Waals surface area contributed by atoms with E-state index in [2.05, 4.69) is 29.4 Å². The van der Waals surface area contributed by atoms with E-state index >= 15 is 0 Å². The summed E-state index contributed by atoms with van der Waals surface area (Å²) in [5, 5.41) is 4.79. The minimum absolute atomic E-state index is 0.223. The number of rotatable bonds is 4. The third-order valence-corrected chi connectivity index (χ3v) is 4.87. The van der Waals surface area contributed by atoms with Gasteiger partial charge < -0.3 is 5.32 Å². The Hall–Kier alpha value is -1.09. The molecule has 1 N–H and O–H groups in total. The largest absolute Gasteiger partial charge is 0.310 e. The third-order valence-electron chi connectivity index (χ3n) is 4.13. The zero-order valence-corrected chi connectivity index (χ0v) is 13.5. The first-order chi connectivity index (χ1) is 10.2. The minimum atomic E-state index is 0.223. The monoisotopic (exact) mass is 320 g/mol. The predicted molar refractivity (Wildman–Crippen MR) is 88.2 cm³/mol. The lowest BCUT2D eigenvalue weighted by Crippen LogP contribution is -2.26. The molecule has 2 aromatic rings. The van der Waals surface area contributed by atoms with Crippen molar-refractivity contribution in [3.05, 3.63) is 63.4 Å². The van der Waals surface area contributed by atoms with Crippen molar-refractivity contribution >= 4 is 23.2 Å². The molecule has 2 nitrogen and oxygen atoms in total. The van der Waals surface area contributed by atoms with Gasteiger partial charge in [0.05, 0.1) is 10.0 Å². The standard InChI is InChI=1S/C17H18Cl2N2/c1-2-20-17(12-6-8-14(18)15(19)10-12)13-7-5-11-4-3-9-21-16(11)13/h3-4,6,8-10,13,17,20H,2,5,7H2,1H3. The van der Waals surface area contributed by atoms with Gasteiger partial charge in [-0.15, -0.1) is 0 Å². The zero-order chi connectivity index (χ0) is 14.8. The number of hydrogen-bond acceptors (Lipinski definition) is 2. The molecule has 0 saturated heterocycles. The highest BCUT2D eigenvalue weighted by Gasteiger charge is 2.31. The Kier molecular flexibility index (Phi) is 4.48. The third kappa shape index (κ3) is 2.94. The molecule has 110 valence electrons. The molecule has 0 aliphatic heterocycles. The van der Waals surface area contributed by atoms with Gasteiger partial charge in [-0.05, 0) is 48.7 Å². The van der Waals surface area contributed by atoms with Crippen molar-refractivity contribution in [1.82, 2.24) is 10.3 Å². The van der Waals surface area contributed by atoms with Gasteiger partial charge in [0.2, 0.25) is 0 Å². The highest BCUT2D eigenvalue weighted by Crippen LogP contribution is 2.41. The van der Waals surface area contributed by atoms with Crippen LogP contribution in [0.25, 0.3) is 0 Å².